The van der Waals surface area contributed by atoms with Crippen molar-refractivity contribution in [1.82, 2.24) is 0 Å². The van der Waals surface area contributed by atoms with Gasteiger partial charge >= 0.3 is 7.12 Å². The number of rotatable bonds is 3. The maximum atomic E-state index is 8.86. The zero-order valence-electron chi connectivity index (χ0n) is 7.78. The smallest absolute Gasteiger partial charge is 0.423 e. The molecular weight excluding hydrogens is 151 g/mol. The summed E-state index contributed by atoms with van der Waals surface area (Å²) >= 11 is 0. The van der Waals surface area contributed by atoms with Crippen LogP contribution in [0.15, 0.2) is 35.3 Å². The van der Waals surface area contributed by atoms with Crippen molar-refractivity contribution in [1.29, 1.82) is 0 Å². The third-order valence-electron chi connectivity index (χ3n) is 1.27. The highest BCUT2D eigenvalue weighted by molar-refractivity contribution is 6.51. The Morgan fingerprint density at radius 3 is 2.08 bits per heavy atom. The van der Waals surface area contributed by atoms with E-state index in [0.29, 0.717) is 5.47 Å². The van der Waals surface area contributed by atoms with Crippen LogP contribution in [-0.2, 0) is 0 Å². The highest BCUT2D eigenvalue weighted by Crippen LogP contribution is 2.01. The predicted molar refractivity (Wildman–Crippen MR) is 52.5 cm³/mol. The fourth-order valence-corrected chi connectivity index (χ4v) is 0.683. The Kier molecular flexibility index (Phi) is 5.42. The van der Waals surface area contributed by atoms with Crippen LogP contribution in [0, 0.1) is 0 Å². The second kappa shape index (κ2) is 5.80. The quantitative estimate of drug-likeness (QED) is 0.492. The molecule has 0 aliphatic rings. The highest BCUT2D eigenvalue weighted by Gasteiger charge is 2.09. The molecule has 12 heavy (non-hydrogen) atoms. The standard InChI is InChI=1S/C9H15BO2/c1-4-5-9(10(11)12)7-6-8(2)3/h4-7,11-12H,1-3H3/b5-4-,9-7+. The zero-order valence-corrected chi connectivity index (χ0v) is 7.78. The van der Waals surface area contributed by atoms with Crippen molar-refractivity contribution in [2.24, 2.45) is 0 Å². The number of allylic oxidation sites excluding steroid dienone is 6. The molecule has 0 radical (unpaired) electrons. The van der Waals surface area contributed by atoms with Crippen LogP contribution in [0.25, 0.3) is 0 Å². The summed E-state index contributed by atoms with van der Waals surface area (Å²) in [5, 5.41) is 17.7. The van der Waals surface area contributed by atoms with Gasteiger partial charge in [-0.1, -0.05) is 29.9 Å². The molecule has 2 N–H and O–H groups in total. The van der Waals surface area contributed by atoms with Crippen molar-refractivity contribution in [2.45, 2.75) is 20.8 Å². The first-order chi connectivity index (χ1) is 5.57. The van der Waals surface area contributed by atoms with Gasteiger partial charge in [0, 0.05) is 0 Å². The van der Waals surface area contributed by atoms with E-state index < -0.39 is 7.12 Å². The second-order valence-electron chi connectivity index (χ2n) is 2.78. The van der Waals surface area contributed by atoms with Crippen LogP contribution < -0.4 is 0 Å². The van der Waals surface area contributed by atoms with E-state index in [1.165, 1.54) is 0 Å². The summed E-state index contributed by atoms with van der Waals surface area (Å²) in [4.78, 5) is 0. The molecule has 0 bridgehead atoms. The van der Waals surface area contributed by atoms with Gasteiger partial charge in [0.05, 0.1) is 0 Å². The van der Waals surface area contributed by atoms with Gasteiger partial charge in [-0.05, 0) is 26.2 Å². The van der Waals surface area contributed by atoms with E-state index in [-0.39, 0.29) is 0 Å². The van der Waals surface area contributed by atoms with Gasteiger partial charge in [0.2, 0.25) is 0 Å². The van der Waals surface area contributed by atoms with Crippen molar-refractivity contribution in [3.05, 3.63) is 35.3 Å². The van der Waals surface area contributed by atoms with Gasteiger partial charge < -0.3 is 10.0 Å². The molecule has 0 fully saturated rings. The molecule has 0 saturated heterocycles. The molecular formula is C9H15BO2. The van der Waals surface area contributed by atoms with Gasteiger partial charge in [0.25, 0.3) is 0 Å². The summed E-state index contributed by atoms with van der Waals surface area (Å²) in [7, 11) is -1.39. The van der Waals surface area contributed by atoms with Gasteiger partial charge in [-0.15, -0.1) is 0 Å². The van der Waals surface area contributed by atoms with E-state index in [0.717, 1.165) is 5.57 Å². The van der Waals surface area contributed by atoms with Crippen LogP contribution in [0.1, 0.15) is 20.8 Å². The second-order valence-corrected chi connectivity index (χ2v) is 2.78. The van der Waals surface area contributed by atoms with E-state index in [2.05, 4.69) is 0 Å². The normalized spacial score (nSPS) is 11.9. The van der Waals surface area contributed by atoms with Gasteiger partial charge in [-0.2, -0.15) is 0 Å². The third-order valence-corrected chi connectivity index (χ3v) is 1.27. The molecule has 0 unspecified atom stereocenters. The van der Waals surface area contributed by atoms with Crippen LogP contribution in [0.5, 0.6) is 0 Å². The maximum Gasteiger partial charge on any atom is 0.488 e. The van der Waals surface area contributed by atoms with Crippen molar-refractivity contribution in [3.8, 4) is 0 Å². The lowest BCUT2D eigenvalue weighted by Gasteiger charge is -1.97. The molecule has 0 aromatic rings. The Bertz CT molecular complexity index is 211. The minimum absolute atomic E-state index is 0.499. The summed E-state index contributed by atoms with van der Waals surface area (Å²) in [6, 6.07) is 0. The van der Waals surface area contributed by atoms with Gasteiger partial charge in [-0.3, -0.25) is 0 Å². The van der Waals surface area contributed by atoms with Crippen LogP contribution in [0.2, 0.25) is 0 Å². The molecule has 3 heteroatoms. The summed E-state index contributed by atoms with van der Waals surface area (Å²) in [5.41, 5.74) is 1.62. The molecule has 0 spiro atoms. The monoisotopic (exact) mass is 166 g/mol. The average molecular weight is 166 g/mol. The first-order valence-electron chi connectivity index (χ1n) is 3.92. The van der Waals surface area contributed by atoms with Crippen LogP contribution in [0.4, 0.5) is 0 Å². The van der Waals surface area contributed by atoms with Crippen LogP contribution >= 0.6 is 0 Å². The van der Waals surface area contributed by atoms with E-state index in [9.17, 15) is 0 Å². The molecule has 0 rings (SSSR count). The first kappa shape index (κ1) is 11.2. The SMILES string of the molecule is C/C=C\C(=C/C=C(C)C)B(O)O. The Labute approximate surface area is 74.1 Å². The number of hydrogen-bond donors (Lipinski definition) is 2. The predicted octanol–water partition coefficient (Wildman–Crippen LogP) is 1.47. The Balaban J connectivity index is 4.50. The fourth-order valence-electron chi connectivity index (χ4n) is 0.683. The Morgan fingerprint density at radius 1 is 1.17 bits per heavy atom. The summed E-state index contributed by atoms with van der Waals surface area (Å²) < 4.78 is 0. The lowest BCUT2D eigenvalue weighted by atomic mass is 9.79. The molecule has 0 aromatic heterocycles. The topological polar surface area (TPSA) is 40.5 Å². The lowest BCUT2D eigenvalue weighted by molar-refractivity contribution is 0.420. The lowest BCUT2D eigenvalue weighted by Crippen LogP contribution is -2.13. The van der Waals surface area contributed by atoms with Crippen molar-refractivity contribution >= 4 is 7.12 Å². The third kappa shape index (κ3) is 4.94. The van der Waals surface area contributed by atoms with E-state index in [1.54, 1.807) is 18.2 Å². The summed E-state index contributed by atoms with van der Waals surface area (Å²) in [6.07, 6.45) is 6.98. The van der Waals surface area contributed by atoms with E-state index in [1.807, 2.05) is 26.8 Å². The molecule has 0 heterocycles. The molecule has 2 nitrogen and oxygen atoms in total. The maximum absolute atomic E-state index is 8.86. The minimum Gasteiger partial charge on any atom is -0.423 e. The molecule has 0 aliphatic heterocycles. The largest absolute Gasteiger partial charge is 0.488 e. The summed E-state index contributed by atoms with van der Waals surface area (Å²) in [5.74, 6) is 0. The van der Waals surface area contributed by atoms with E-state index in [4.69, 9.17) is 10.0 Å². The highest BCUT2D eigenvalue weighted by atomic mass is 16.4. The van der Waals surface area contributed by atoms with Gasteiger partial charge in [0.15, 0.2) is 0 Å². The number of hydrogen-bond acceptors (Lipinski definition) is 2. The van der Waals surface area contributed by atoms with Gasteiger partial charge in [-0.25, -0.2) is 0 Å². The minimum atomic E-state index is -1.39. The molecule has 66 valence electrons. The summed E-state index contributed by atoms with van der Waals surface area (Å²) in [6.45, 7) is 5.74. The van der Waals surface area contributed by atoms with Crippen molar-refractivity contribution in [2.75, 3.05) is 0 Å². The van der Waals surface area contributed by atoms with Crippen molar-refractivity contribution in [3.63, 3.8) is 0 Å². The average Bonchev–Trinajstić information content (AvgIpc) is 1.96. The zero-order chi connectivity index (χ0) is 9.56. The van der Waals surface area contributed by atoms with Gasteiger partial charge in [0.1, 0.15) is 0 Å². The van der Waals surface area contributed by atoms with Crippen molar-refractivity contribution < 1.29 is 10.0 Å². The molecule has 0 saturated carbocycles. The van der Waals surface area contributed by atoms with E-state index >= 15 is 0 Å². The fraction of sp³-hybridized carbons (Fsp3) is 0.333. The first-order valence-corrected chi connectivity index (χ1v) is 3.92. The van der Waals surface area contributed by atoms with Crippen LogP contribution in [-0.4, -0.2) is 17.2 Å². The molecule has 0 atom stereocenters. The van der Waals surface area contributed by atoms with Crippen LogP contribution in [0.3, 0.4) is 0 Å². The Morgan fingerprint density at radius 2 is 1.75 bits per heavy atom. The molecule has 0 aromatic carbocycles. The molecule has 0 amide bonds. The molecule has 0 aliphatic carbocycles. The Hall–Kier alpha value is -0.795.